The van der Waals surface area contributed by atoms with Crippen LogP contribution in [0.1, 0.15) is 13.8 Å². The molecule has 0 aliphatic rings. The molecule has 1 N–H and O–H groups in total. The van der Waals surface area contributed by atoms with Gasteiger partial charge in [-0.1, -0.05) is 30.3 Å². The largest absolute Gasteiger partial charge is 0.353 e. The van der Waals surface area contributed by atoms with Crippen LogP contribution in [0.4, 0.5) is 0 Å². The van der Waals surface area contributed by atoms with E-state index in [1.807, 2.05) is 67.7 Å². The molecule has 0 saturated carbocycles. The third kappa shape index (κ3) is 4.49. The predicted octanol–water partition coefficient (Wildman–Crippen LogP) is 2.03. The summed E-state index contributed by atoms with van der Waals surface area (Å²) in [6.45, 7) is 4.65. The Hall–Kier alpha value is -1.99. The zero-order valence-electron chi connectivity index (χ0n) is 14.0. The first-order valence-electron chi connectivity index (χ1n) is 7.55. The average Bonchev–Trinajstić information content (AvgIpc) is 2.75. The maximum absolute atomic E-state index is 11.8. The monoisotopic (exact) mass is 333 g/mol. The summed E-state index contributed by atoms with van der Waals surface area (Å²) in [5.74, 6) is 0.809. The molecule has 0 fully saturated rings. The highest BCUT2D eigenvalue weighted by atomic mass is 32.1. The van der Waals surface area contributed by atoms with Crippen molar-refractivity contribution in [2.75, 3.05) is 13.6 Å². The fourth-order valence-electron chi connectivity index (χ4n) is 2.31. The van der Waals surface area contributed by atoms with Gasteiger partial charge in [0.1, 0.15) is 0 Å². The molecule has 0 unspecified atom stereocenters. The van der Waals surface area contributed by atoms with Gasteiger partial charge in [0.15, 0.2) is 10.6 Å². The molecule has 0 aliphatic carbocycles. The molecule has 7 heteroatoms. The minimum atomic E-state index is -0.00627. The zero-order chi connectivity index (χ0) is 17.0. The fourth-order valence-corrected chi connectivity index (χ4v) is 2.50. The molecule has 0 aliphatic heterocycles. The SMILES string of the molecule is CC(C)NC(=O)CN(C)Cn1nc(-c2ccccc2)n(C)c1=S. The van der Waals surface area contributed by atoms with E-state index >= 15 is 0 Å². The van der Waals surface area contributed by atoms with Gasteiger partial charge in [-0.05, 0) is 33.1 Å². The summed E-state index contributed by atoms with van der Waals surface area (Å²) in [4.78, 5) is 13.7. The van der Waals surface area contributed by atoms with Crippen LogP contribution in [0, 0.1) is 4.77 Å². The first-order valence-corrected chi connectivity index (χ1v) is 7.96. The van der Waals surface area contributed by atoms with Gasteiger partial charge in [0.2, 0.25) is 5.91 Å². The molecule has 124 valence electrons. The Kier molecular flexibility index (Phi) is 5.68. The number of hydrogen-bond acceptors (Lipinski definition) is 4. The second-order valence-electron chi connectivity index (χ2n) is 5.91. The first kappa shape index (κ1) is 17.4. The minimum Gasteiger partial charge on any atom is -0.353 e. The van der Waals surface area contributed by atoms with Crippen molar-refractivity contribution in [3.05, 3.63) is 35.1 Å². The van der Waals surface area contributed by atoms with Gasteiger partial charge in [-0.2, -0.15) is 5.10 Å². The summed E-state index contributed by atoms with van der Waals surface area (Å²) in [6, 6.07) is 10.1. The van der Waals surface area contributed by atoms with E-state index in [4.69, 9.17) is 12.2 Å². The van der Waals surface area contributed by atoms with Gasteiger partial charge in [-0.15, -0.1) is 0 Å². The maximum Gasteiger partial charge on any atom is 0.234 e. The second kappa shape index (κ2) is 7.52. The topological polar surface area (TPSA) is 55.1 Å². The highest BCUT2D eigenvalue weighted by molar-refractivity contribution is 7.71. The van der Waals surface area contributed by atoms with E-state index < -0.39 is 0 Å². The van der Waals surface area contributed by atoms with Crippen molar-refractivity contribution in [2.45, 2.75) is 26.6 Å². The van der Waals surface area contributed by atoms with Gasteiger partial charge in [0.05, 0.1) is 13.2 Å². The van der Waals surface area contributed by atoms with Gasteiger partial charge >= 0.3 is 0 Å². The second-order valence-corrected chi connectivity index (χ2v) is 6.27. The Morgan fingerprint density at radius 3 is 2.61 bits per heavy atom. The third-order valence-corrected chi connectivity index (χ3v) is 3.80. The Morgan fingerprint density at radius 2 is 2.00 bits per heavy atom. The zero-order valence-corrected chi connectivity index (χ0v) is 14.8. The summed E-state index contributed by atoms with van der Waals surface area (Å²) < 4.78 is 4.24. The summed E-state index contributed by atoms with van der Waals surface area (Å²) in [7, 11) is 3.78. The van der Waals surface area contributed by atoms with E-state index in [0.717, 1.165) is 11.4 Å². The Balaban J connectivity index is 2.12. The number of aromatic nitrogens is 3. The van der Waals surface area contributed by atoms with Gasteiger partial charge in [-0.25, -0.2) is 4.68 Å². The molecule has 0 spiro atoms. The van der Waals surface area contributed by atoms with Crippen molar-refractivity contribution < 1.29 is 4.79 Å². The van der Waals surface area contributed by atoms with E-state index in [0.29, 0.717) is 18.0 Å². The van der Waals surface area contributed by atoms with Crippen LogP contribution in [-0.2, 0) is 18.5 Å². The van der Waals surface area contributed by atoms with Gasteiger partial charge < -0.3 is 9.88 Å². The number of carbonyl (C=O) groups is 1. The molecule has 0 atom stereocenters. The Bertz CT molecular complexity index is 720. The maximum atomic E-state index is 11.8. The molecule has 1 heterocycles. The number of nitrogens with one attached hydrogen (secondary N) is 1. The lowest BCUT2D eigenvalue weighted by atomic mass is 10.2. The van der Waals surface area contributed by atoms with Crippen molar-refractivity contribution in [3.8, 4) is 11.4 Å². The highest BCUT2D eigenvalue weighted by Crippen LogP contribution is 2.16. The van der Waals surface area contributed by atoms with Crippen LogP contribution in [-0.4, -0.2) is 44.8 Å². The lowest BCUT2D eigenvalue weighted by Crippen LogP contribution is -2.39. The smallest absolute Gasteiger partial charge is 0.234 e. The number of amides is 1. The molecule has 1 amide bonds. The van der Waals surface area contributed by atoms with Gasteiger partial charge in [-0.3, -0.25) is 9.69 Å². The predicted molar refractivity (Wildman–Crippen MR) is 93.4 cm³/mol. The van der Waals surface area contributed by atoms with E-state index in [1.165, 1.54) is 0 Å². The van der Waals surface area contributed by atoms with E-state index in [-0.39, 0.29) is 11.9 Å². The molecule has 23 heavy (non-hydrogen) atoms. The molecule has 1 aromatic heterocycles. The number of hydrogen-bond donors (Lipinski definition) is 1. The van der Waals surface area contributed by atoms with Crippen molar-refractivity contribution >= 4 is 18.1 Å². The van der Waals surface area contributed by atoms with Crippen LogP contribution in [0.3, 0.4) is 0 Å². The van der Waals surface area contributed by atoms with Crippen molar-refractivity contribution in [1.29, 1.82) is 0 Å². The molecule has 2 aromatic rings. The summed E-state index contributed by atoms with van der Waals surface area (Å²) in [5.41, 5.74) is 1.01. The Labute approximate surface area is 141 Å². The van der Waals surface area contributed by atoms with E-state index in [9.17, 15) is 4.79 Å². The fraction of sp³-hybridized carbons (Fsp3) is 0.438. The number of nitrogens with zero attached hydrogens (tertiary/aromatic N) is 4. The first-order chi connectivity index (χ1) is 10.9. The quantitative estimate of drug-likeness (QED) is 0.822. The molecular weight excluding hydrogens is 310 g/mol. The van der Waals surface area contributed by atoms with Crippen LogP contribution in [0.5, 0.6) is 0 Å². The van der Waals surface area contributed by atoms with Crippen molar-refractivity contribution in [2.24, 2.45) is 7.05 Å². The van der Waals surface area contributed by atoms with Crippen LogP contribution in [0.2, 0.25) is 0 Å². The Morgan fingerprint density at radius 1 is 1.35 bits per heavy atom. The molecule has 0 saturated heterocycles. The van der Waals surface area contributed by atoms with E-state index in [2.05, 4.69) is 10.4 Å². The minimum absolute atomic E-state index is 0.00627. The summed E-state index contributed by atoms with van der Waals surface area (Å²) in [6.07, 6.45) is 0. The lowest BCUT2D eigenvalue weighted by Gasteiger charge is -2.17. The molecule has 0 radical (unpaired) electrons. The van der Waals surface area contributed by atoms with Crippen LogP contribution in [0.15, 0.2) is 30.3 Å². The van der Waals surface area contributed by atoms with Gasteiger partial charge in [0.25, 0.3) is 0 Å². The van der Waals surface area contributed by atoms with Crippen LogP contribution >= 0.6 is 12.2 Å². The highest BCUT2D eigenvalue weighted by Gasteiger charge is 2.13. The third-order valence-electron chi connectivity index (χ3n) is 3.31. The normalized spacial score (nSPS) is 11.2. The standard InChI is InChI=1S/C16H23N5OS/c1-12(2)17-14(22)10-19(3)11-21-16(23)20(4)15(18-21)13-8-6-5-7-9-13/h5-9,12H,10-11H2,1-4H3,(H,17,22). The summed E-state index contributed by atoms with van der Waals surface area (Å²) in [5, 5.41) is 7.46. The number of benzene rings is 1. The van der Waals surface area contributed by atoms with Crippen molar-refractivity contribution in [3.63, 3.8) is 0 Å². The number of rotatable bonds is 6. The van der Waals surface area contributed by atoms with Crippen molar-refractivity contribution in [1.82, 2.24) is 24.6 Å². The lowest BCUT2D eigenvalue weighted by molar-refractivity contribution is -0.122. The number of likely N-dealkylation sites (N-methyl/N-ethyl adjacent to an activating group) is 1. The van der Waals surface area contributed by atoms with Crippen LogP contribution < -0.4 is 5.32 Å². The molecule has 2 rings (SSSR count). The molecular formula is C16H23N5OS. The van der Waals surface area contributed by atoms with Crippen LogP contribution in [0.25, 0.3) is 11.4 Å². The average molecular weight is 333 g/mol. The molecule has 6 nitrogen and oxygen atoms in total. The summed E-state index contributed by atoms with van der Waals surface area (Å²) >= 11 is 5.45. The van der Waals surface area contributed by atoms with E-state index in [1.54, 1.807) is 4.68 Å². The van der Waals surface area contributed by atoms with Gasteiger partial charge in [0, 0.05) is 18.7 Å². The molecule has 0 bridgehead atoms. The molecule has 1 aromatic carbocycles. The number of carbonyl (C=O) groups excluding carboxylic acids is 1.